The summed E-state index contributed by atoms with van der Waals surface area (Å²) < 4.78 is 0. The summed E-state index contributed by atoms with van der Waals surface area (Å²) in [4.78, 5) is 32.4. The number of aliphatic carboxylic acids is 1. The number of rotatable bonds is 9. The van der Waals surface area contributed by atoms with E-state index < -0.39 is 61.1 Å². The first-order valence-electron chi connectivity index (χ1n) is 5.98. The summed E-state index contributed by atoms with van der Waals surface area (Å²) in [5.41, 5.74) is 0. The van der Waals surface area contributed by atoms with Gasteiger partial charge >= 0.3 is 54.9 Å². The molecule has 0 aliphatic carbocycles. The molecule has 0 saturated heterocycles. The van der Waals surface area contributed by atoms with Crippen LogP contribution in [0.2, 0.25) is 0 Å². The molecule has 0 bridgehead atoms. The van der Waals surface area contributed by atoms with E-state index in [-0.39, 0.29) is 48.9 Å². The maximum absolute atomic E-state index is 11.0. The standard InChI is InChI=1S/C11H19NO9.Ba.2H/c1-4(14)12-8(5(15)2-6(16)11(20)21)10(19)9(18)7(17)3-13;;;/h5,7-10,13,15,17-19H,2-3H2,1H3,(H,12,14)(H,20,21);;;/t5-,7+,8+,9+,10+;;;/m0.../s1. The Balaban J connectivity index is 0. The number of carboxylic acids is 1. The van der Waals surface area contributed by atoms with Crippen LogP contribution >= 0.6 is 0 Å². The number of carbonyl (C=O) groups is 3. The first-order chi connectivity index (χ1) is 9.61. The van der Waals surface area contributed by atoms with E-state index in [1.807, 2.05) is 5.32 Å². The van der Waals surface area contributed by atoms with Crippen LogP contribution in [0.25, 0.3) is 0 Å². The van der Waals surface area contributed by atoms with E-state index in [9.17, 15) is 34.8 Å². The Morgan fingerprint density at radius 2 is 1.50 bits per heavy atom. The Bertz CT molecular complexity index is 392. The second kappa shape index (κ2) is 11.5. The number of Topliss-reactive ketones (excluding diaryl/α,β-unsaturated/α-hetero) is 1. The molecule has 0 aliphatic rings. The van der Waals surface area contributed by atoms with Crippen molar-refractivity contribution in [2.45, 2.75) is 43.8 Å². The van der Waals surface area contributed by atoms with E-state index in [0.717, 1.165) is 6.92 Å². The van der Waals surface area contributed by atoms with Gasteiger partial charge in [-0.1, -0.05) is 0 Å². The molecule has 0 heterocycles. The number of nitrogens with one attached hydrogen (secondary N) is 1. The number of carboxylic acid groups (broad SMARTS) is 1. The van der Waals surface area contributed by atoms with Gasteiger partial charge in [0.25, 0.3) is 0 Å². The van der Waals surface area contributed by atoms with Gasteiger partial charge in [-0.15, -0.1) is 0 Å². The fourth-order valence-electron chi connectivity index (χ4n) is 1.60. The zero-order chi connectivity index (χ0) is 16.7. The van der Waals surface area contributed by atoms with Crippen LogP contribution in [0.15, 0.2) is 0 Å². The van der Waals surface area contributed by atoms with Crippen molar-refractivity contribution in [3.8, 4) is 0 Å². The van der Waals surface area contributed by atoms with Crippen LogP contribution in [0.5, 0.6) is 0 Å². The van der Waals surface area contributed by atoms with Crippen molar-refractivity contribution >= 4 is 66.5 Å². The topological polar surface area (TPSA) is 185 Å². The third-order valence-electron chi connectivity index (χ3n) is 2.72. The molecule has 0 aromatic rings. The van der Waals surface area contributed by atoms with Crippen molar-refractivity contribution in [3.05, 3.63) is 0 Å². The average molecular weight is 449 g/mol. The molecule has 0 aliphatic heterocycles. The zero-order valence-corrected chi connectivity index (χ0v) is 11.2. The molecule has 7 N–H and O–H groups in total. The average Bonchev–Trinajstić information content (AvgIpc) is 2.41. The van der Waals surface area contributed by atoms with Crippen LogP contribution in [-0.4, -0.2) is 134 Å². The quantitative estimate of drug-likeness (QED) is 0.134. The van der Waals surface area contributed by atoms with Crippen molar-refractivity contribution in [2.24, 2.45) is 0 Å². The van der Waals surface area contributed by atoms with Crippen molar-refractivity contribution < 1.29 is 45.0 Å². The molecule has 10 nitrogen and oxygen atoms in total. The Kier molecular flexibility index (Phi) is 12.7. The van der Waals surface area contributed by atoms with Gasteiger partial charge in [-0.2, -0.15) is 0 Å². The Labute approximate surface area is 166 Å². The van der Waals surface area contributed by atoms with Crippen molar-refractivity contribution in [3.63, 3.8) is 0 Å². The second-order valence-electron chi connectivity index (χ2n) is 4.46. The van der Waals surface area contributed by atoms with Crippen molar-refractivity contribution in [1.29, 1.82) is 0 Å². The van der Waals surface area contributed by atoms with Gasteiger partial charge in [-0.3, -0.25) is 9.59 Å². The number of hydrogen-bond donors (Lipinski definition) is 7. The van der Waals surface area contributed by atoms with E-state index in [2.05, 4.69) is 0 Å². The fraction of sp³-hybridized carbons (Fsp3) is 0.727. The van der Waals surface area contributed by atoms with Gasteiger partial charge in [-0.05, 0) is 0 Å². The summed E-state index contributed by atoms with van der Waals surface area (Å²) in [5.74, 6) is -3.89. The van der Waals surface area contributed by atoms with E-state index in [4.69, 9.17) is 10.2 Å². The SMILES string of the molecule is CC(=O)N[C@@H]([C@@H](O)[C@H](O)[C@H](O)CO)[C@@H](O)CC(=O)C(=O)O.[BaH2]. The van der Waals surface area contributed by atoms with Gasteiger partial charge in [0.05, 0.1) is 18.8 Å². The predicted molar refractivity (Wildman–Crippen MR) is 74.5 cm³/mol. The number of hydrogen-bond acceptors (Lipinski definition) is 8. The summed E-state index contributed by atoms with van der Waals surface area (Å²) in [7, 11) is 0. The molecule has 1 amide bonds. The van der Waals surface area contributed by atoms with Gasteiger partial charge in [0.1, 0.15) is 18.3 Å². The molecule has 11 heteroatoms. The van der Waals surface area contributed by atoms with Crippen LogP contribution < -0.4 is 5.32 Å². The molecule has 0 radical (unpaired) electrons. The number of aliphatic hydroxyl groups excluding tert-OH is 5. The number of ketones is 1. The molecule has 126 valence electrons. The second-order valence-corrected chi connectivity index (χ2v) is 4.46. The van der Waals surface area contributed by atoms with Crippen LogP contribution in [0, 0.1) is 0 Å². The number of carbonyl (C=O) groups excluding carboxylic acids is 2. The predicted octanol–water partition coefficient (Wildman–Crippen LogP) is -4.95. The van der Waals surface area contributed by atoms with Gasteiger partial charge in [0.2, 0.25) is 11.7 Å². The zero-order valence-electron chi connectivity index (χ0n) is 11.2. The van der Waals surface area contributed by atoms with Crippen molar-refractivity contribution in [2.75, 3.05) is 6.61 Å². The fourth-order valence-corrected chi connectivity index (χ4v) is 1.60. The van der Waals surface area contributed by atoms with Crippen molar-refractivity contribution in [1.82, 2.24) is 5.32 Å². The molecular weight excluding hydrogens is 427 g/mol. The monoisotopic (exact) mass is 449 g/mol. The van der Waals surface area contributed by atoms with Crippen LogP contribution in [-0.2, 0) is 14.4 Å². The van der Waals surface area contributed by atoms with Gasteiger partial charge < -0.3 is 36.0 Å². The summed E-state index contributed by atoms with van der Waals surface area (Å²) >= 11 is 0. The first-order valence-corrected chi connectivity index (χ1v) is 5.98. The number of amides is 1. The molecule has 22 heavy (non-hydrogen) atoms. The summed E-state index contributed by atoms with van der Waals surface area (Å²) in [6, 6.07) is -1.61. The molecule has 0 rings (SSSR count). The molecule has 0 aromatic carbocycles. The molecule has 0 spiro atoms. The molecule has 0 fully saturated rings. The number of aliphatic hydroxyl groups is 5. The third-order valence-corrected chi connectivity index (χ3v) is 2.72. The summed E-state index contributed by atoms with van der Waals surface area (Å²) in [6.45, 7) is 0.134. The first kappa shape index (κ1) is 24.2. The van der Waals surface area contributed by atoms with Gasteiger partial charge in [0.15, 0.2) is 0 Å². The van der Waals surface area contributed by atoms with Gasteiger partial charge in [0, 0.05) is 13.3 Å². The van der Waals surface area contributed by atoms with E-state index in [0.29, 0.717) is 0 Å². The van der Waals surface area contributed by atoms with E-state index >= 15 is 0 Å². The van der Waals surface area contributed by atoms with E-state index in [1.54, 1.807) is 0 Å². The van der Waals surface area contributed by atoms with Crippen LogP contribution in [0.3, 0.4) is 0 Å². The molecular formula is C11H21BaNO9. The summed E-state index contributed by atoms with van der Waals surface area (Å²) in [5, 5.41) is 57.4. The minimum atomic E-state index is -1.94. The third kappa shape index (κ3) is 8.01. The summed E-state index contributed by atoms with van der Waals surface area (Å²) in [6.07, 6.45) is -8.35. The molecule has 0 saturated carbocycles. The van der Waals surface area contributed by atoms with E-state index in [1.165, 1.54) is 0 Å². The Morgan fingerprint density at radius 3 is 1.86 bits per heavy atom. The maximum atomic E-state index is 11.0. The minimum absolute atomic E-state index is 0. The van der Waals surface area contributed by atoms with Gasteiger partial charge in [-0.25, -0.2) is 4.79 Å². The normalized spacial score (nSPS) is 17.4. The molecule has 0 unspecified atom stereocenters. The van der Waals surface area contributed by atoms with Crippen LogP contribution in [0.1, 0.15) is 13.3 Å². The molecule has 0 aromatic heterocycles. The molecule has 5 atom stereocenters. The Hall–Kier alpha value is -0.0186. The van der Waals surface area contributed by atoms with Crippen LogP contribution in [0.4, 0.5) is 0 Å². The Morgan fingerprint density at radius 1 is 1.00 bits per heavy atom.